The second-order valence-electron chi connectivity index (χ2n) is 10.3. The van der Waals surface area contributed by atoms with Crippen molar-refractivity contribution in [1.82, 2.24) is 14.7 Å². The summed E-state index contributed by atoms with van der Waals surface area (Å²) in [6.07, 6.45) is 3.13. The zero-order valence-corrected chi connectivity index (χ0v) is 22.5. The van der Waals surface area contributed by atoms with E-state index in [-0.39, 0.29) is 30.2 Å². The summed E-state index contributed by atoms with van der Waals surface area (Å²) < 4.78 is 32.2. The number of piperidine rings is 1. The fourth-order valence-electron chi connectivity index (χ4n) is 5.52. The molecular weight excluding hydrogens is 516 g/mol. The maximum absolute atomic E-state index is 13.6. The molecule has 1 unspecified atom stereocenters. The van der Waals surface area contributed by atoms with Gasteiger partial charge in [0.1, 0.15) is 11.7 Å². The van der Waals surface area contributed by atoms with Crippen LogP contribution in [0.3, 0.4) is 0 Å². The van der Waals surface area contributed by atoms with Crippen molar-refractivity contribution in [2.24, 2.45) is 11.8 Å². The molecule has 206 valence electrons. The number of rotatable bonds is 7. The quantitative estimate of drug-likeness (QED) is 0.351. The van der Waals surface area contributed by atoms with Gasteiger partial charge < -0.3 is 19.4 Å². The van der Waals surface area contributed by atoms with Crippen molar-refractivity contribution >= 4 is 29.5 Å². The minimum Gasteiger partial charge on any atom is -0.415 e. The molecule has 38 heavy (non-hydrogen) atoms. The molecule has 0 aromatic heterocycles. The molecule has 1 aromatic carbocycles. The molecule has 3 aliphatic rings. The van der Waals surface area contributed by atoms with Gasteiger partial charge in [0, 0.05) is 56.0 Å². The number of alkyl halides is 2. The summed E-state index contributed by atoms with van der Waals surface area (Å²) in [6.45, 7) is 8.91. The normalized spacial score (nSPS) is 25.2. The van der Waals surface area contributed by atoms with Gasteiger partial charge >= 0.3 is 6.09 Å². The highest BCUT2D eigenvalue weighted by Gasteiger charge is 2.62. The minimum atomic E-state index is -2.89. The number of allylic oxidation sites excluding steroid dienone is 3. The Morgan fingerprint density at radius 2 is 1.76 bits per heavy atom. The first-order chi connectivity index (χ1) is 18.1. The van der Waals surface area contributed by atoms with Crippen LogP contribution in [0.25, 0.3) is 0 Å². The third kappa shape index (κ3) is 6.03. The van der Waals surface area contributed by atoms with Gasteiger partial charge in [0.25, 0.3) is 5.92 Å². The number of nitrogens with zero attached hydrogens (tertiary/aromatic N) is 3. The smallest absolute Gasteiger partial charge is 0.415 e. The Hall–Kier alpha value is -2.94. The van der Waals surface area contributed by atoms with Crippen molar-refractivity contribution in [2.45, 2.75) is 51.0 Å². The maximum atomic E-state index is 13.6. The van der Waals surface area contributed by atoms with Gasteiger partial charge in [-0.15, -0.1) is 0 Å². The van der Waals surface area contributed by atoms with Gasteiger partial charge in [-0.1, -0.05) is 36.4 Å². The number of carbonyl (C=O) groups excluding carboxylic acids is 3. The Balaban J connectivity index is 1.46. The lowest BCUT2D eigenvalue weighted by molar-refractivity contribution is -0.141. The van der Waals surface area contributed by atoms with Crippen LogP contribution >= 0.6 is 11.6 Å². The fourth-order valence-corrected chi connectivity index (χ4v) is 5.65. The molecule has 2 aliphatic heterocycles. The average Bonchev–Trinajstić information content (AvgIpc) is 3.32. The SMILES string of the molecule is C=C/C=C(\C)OC(=O)N(CC)[C@@H]1CN(C(=O)C2CCN(C(=O)C3CC3(F)F)CC2)C[C@H]1c1ccc(Cl)cc1. The lowest BCUT2D eigenvalue weighted by atomic mass is 9.93. The molecule has 0 radical (unpaired) electrons. The van der Waals surface area contributed by atoms with E-state index in [9.17, 15) is 23.2 Å². The van der Waals surface area contributed by atoms with Crippen molar-refractivity contribution in [2.75, 3.05) is 32.7 Å². The number of carbonyl (C=O) groups is 3. The zero-order valence-electron chi connectivity index (χ0n) is 21.7. The first kappa shape index (κ1) is 28.1. The van der Waals surface area contributed by atoms with E-state index in [0.717, 1.165) is 5.56 Å². The highest BCUT2D eigenvalue weighted by Crippen LogP contribution is 2.49. The van der Waals surface area contributed by atoms with Gasteiger partial charge in [-0.2, -0.15) is 0 Å². The fraction of sp³-hybridized carbons (Fsp3) is 0.536. The molecule has 7 nitrogen and oxygen atoms in total. The van der Waals surface area contributed by atoms with Crippen LogP contribution in [0, 0.1) is 11.8 Å². The maximum Gasteiger partial charge on any atom is 0.415 e. The van der Waals surface area contributed by atoms with Crippen LogP contribution in [0.1, 0.15) is 44.6 Å². The van der Waals surface area contributed by atoms with Crippen molar-refractivity contribution in [3.8, 4) is 0 Å². The second kappa shape index (κ2) is 11.4. The summed E-state index contributed by atoms with van der Waals surface area (Å²) in [6, 6.07) is 7.09. The van der Waals surface area contributed by atoms with Gasteiger partial charge in [-0.05, 0) is 50.5 Å². The minimum absolute atomic E-state index is 0.0394. The molecule has 3 fully saturated rings. The van der Waals surface area contributed by atoms with Crippen LogP contribution in [0.2, 0.25) is 5.02 Å². The van der Waals surface area contributed by atoms with Gasteiger partial charge in [0.15, 0.2) is 0 Å². The van der Waals surface area contributed by atoms with E-state index in [4.69, 9.17) is 16.3 Å². The van der Waals surface area contributed by atoms with E-state index in [1.807, 2.05) is 19.1 Å². The molecule has 0 spiro atoms. The van der Waals surface area contributed by atoms with Crippen molar-refractivity contribution < 1.29 is 27.9 Å². The number of ether oxygens (including phenoxy) is 1. The molecule has 2 heterocycles. The van der Waals surface area contributed by atoms with Crippen LogP contribution in [0.5, 0.6) is 0 Å². The Morgan fingerprint density at radius 1 is 1.13 bits per heavy atom. The van der Waals surface area contributed by atoms with Crippen LogP contribution in [0.15, 0.2) is 48.8 Å². The van der Waals surface area contributed by atoms with E-state index < -0.39 is 23.8 Å². The monoisotopic (exact) mass is 549 g/mol. The van der Waals surface area contributed by atoms with Gasteiger partial charge in [0.05, 0.1) is 6.04 Å². The lowest BCUT2D eigenvalue weighted by Gasteiger charge is -2.33. The number of likely N-dealkylation sites (N-methyl/N-ethyl adjacent to an activating group) is 1. The number of halogens is 3. The Morgan fingerprint density at radius 3 is 2.32 bits per heavy atom. The summed E-state index contributed by atoms with van der Waals surface area (Å²) in [5.74, 6) is -4.68. The molecule has 1 aromatic rings. The van der Waals surface area contributed by atoms with E-state index in [0.29, 0.717) is 56.3 Å². The summed E-state index contributed by atoms with van der Waals surface area (Å²) in [4.78, 5) is 43.9. The molecule has 2 saturated heterocycles. The van der Waals surface area contributed by atoms with Crippen LogP contribution < -0.4 is 0 Å². The van der Waals surface area contributed by atoms with Crippen LogP contribution in [-0.2, 0) is 14.3 Å². The Bertz CT molecular complexity index is 1100. The molecule has 1 aliphatic carbocycles. The molecule has 3 amide bonds. The summed E-state index contributed by atoms with van der Waals surface area (Å²) in [5, 5.41) is 0.596. The van der Waals surface area contributed by atoms with Gasteiger partial charge in [-0.3, -0.25) is 9.59 Å². The first-order valence-corrected chi connectivity index (χ1v) is 13.4. The highest BCUT2D eigenvalue weighted by atomic mass is 35.5. The standard InChI is InChI=1S/C28H34ClF2N3O4/c1-4-6-18(3)38-27(37)34(5-2)24-17-33(16-22(24)19-7-9-21(29)10-8-19)25(35)20-11-13-32(14-12-20)26(36)23-15-28(23,30)31/h4,6-10,20,22-24H,1,5,11-17H2,2-3H3/b18-6+/t22-,23?,24+/m0/s1. The Kier molecular flexibility index (Phi) is 8.45. The van der Waals surface area contributed by atoms with Crippen LogP contribution in [-0.4, -0.2) is 77.3 Å². The predicted octanol–water partition coefficient (Wildman–Crippen LogP) is 5.08. The molecule has 4 rings (SSSR count). The number of hydrogen-bond donors (Lipinski definition) is 0. The summed E-state index contributed by atoms with van der Waals surface area (Å²) in [7, 11) is 0. The molecule has 0 N–H and O–H groups in total. The molecule has 1 saturated carbocycles. The molecule has 10 heteroatoms. The summed E-state index contributed by atoms with van der Waals surface area (Å²) >= 11 is 6.10. The summed E-state index contributed by atoms with van der Waals surface area (Å²) in [5.41, 5.74) is 0.963. The van der Waals surface area contributed by atoms with E-state index in [1.54, 1.807) is 41.0 Å². The van der Waals surface area contributed by atoms with Gasteiger partial charge in [-0.25, -0.2) is 13.6 Å². The van der Waals surface area contributed by atoms with E-state index in [2.05, 4.69) is 6.58 Å². The van der Waals surface area contributed by atoms with Crippen molar-refractivity contribution in [1.29, 1.82) is 0 Å². The number of benzene rings is 1. The van der Waals surface area contributed by atoms with Gasteiger partial charge in [0.2, 0.25) is 11.8 Å². The largest absolute Gasteiger partial charge is 0.415 e. The number of likely N-dealkylation sites (tertiary alicyclic amines) is 2. The van der Waals surface area contributed by atoms with E-state index >= 15 is 0 Å². The molecular formula is C28H34ClF2N3O4. The third-order valence-corrected chi connectivity index (χ3v) is 8.01. The third-order valence-electron chi connectivity index (χ3n) is 7.76. The van der Waals surface area contributed by atoms with Crippen LogP contribution in [0.4, 0.5) is 13.6 Å². The Labute approximate surface area is 227 Å². The van der Waals surface area contributed by atoms with Crippen molar-refractivity contribution in [3.05, 3.63) is 59.3 Å². The second-order valence-corrected chi connectivity index (χ2v) is 10.7. The molecule has 0 bridgehead atoms. The highest BCUT2D eigenvalue weighted by molar-refractivity contribution is 6.30. The van der Waals surface area contributed by atoms with Crippen molar-refractivity contribution in [3.63, 3.8) is 0 Å². The number of amides is 3. The topological polar surface area (TPSA) is 70.2 Å². The first-order valence-electron chi connectivity index (χ1n) is 13.0. The molecule has 3 atom stereocenters. The average molecular weight is 550 g/mol. The van der Waals surface area contributed by atoms with E-state index in [1.165, 1.54) is 4.90 Å². The zero-order chi connectivity index (χ0) is 27.6. The number of hydrogen-bond acceptors (Lipinski definition) is 4. The lowest BCUT2D eigenvalue weighted by Crippen LogP contribution is -2.46. The predicted molar refractivity (Wildman–Crippen MR) is 140 cm³/mol.